The van der Waals surface area contributed by atoms with Crippen LogP contribution in [0.5, 0.6) is 0 Å². The molecule has 136 valence electrons. The van der Waals surface area contributed by atoms with Gasteiger partial charge in [-0.1, -0.05) is 25.8 Å². The number of rotatable bonds is 7. The highest BCUT2D eigenvalue weighted by atomic mass is 16.2. The van der Waals surface area contributed by atoms with Crippen LogP contribution >= 0.6 is 0 Å². The number of nitrogens with zero attached hydrogens (tertiary/aromatic N) is 3. The predicted octanol–water partition coefficient (Wildman–Crippen LogP) is 1.82. The number of aromatic nitrogens is 1. The van der Waals surface area contributed by atoms with Gasteiger partial charge in [0.05, 0.1) is 0 Å². The molecule has 1 aliphatic carbocycles. The van der Waals surface area contributed by atoms with Gasteiger partial charge in [-0.2, -0.15) is 0 Å². The molecule has 0 spiro atoms. The molecule has 2 aliphatic rings. The first-order valence-electron chi connectivity index (χ1n) is 9.41. The summed E-state index contributed by atoms with van der Waals surface area (Å²) in [6, 6.07) is 5.87. The average Bonchev–Trinajstić information content (AvgIpc) is 3.47. The van der Waals surface area contributed by atoms with Gasteiger partial charge in [0.25, 0.3) is 0 Å². The van der Waals surface area contributed by atoms with Crippen molar-refractivity contribution in [1.82, 2.24) is 15.2 Å². The number of amides is 2. The Kier molecular flexibility index (Phi) is 5.56. The van der Waals surface area contributed by atoms with Crippen molar-refractivity contribution < 1.29 is 9.59 Å². The van der Waals surface area contributed by atoms with Crippen molar-refractivity contribution in [1.29, 1.82) is 0 Å². The maximum Gasteiger partial charge on any atom is 0.238 e. The molecule has 2 fully saturated rings. The van der Waals surface area contributed by atoms with Crippen molar-refractivity contribution in [3.05, 3.63) is 24.4 Å². The lowest BCUT2D eigenvalue weighted by atomic mass is 10.0. The van der Waals surface area contributed by atoms with Crippen LogP contribution in [0.2, 0.25) is 0 Å². The molecular formula is C19H28N4O2. The largest absolute Gasteiger partial charge is 0.355 e. The fourth-order valence-electron chi connectivity index (χ4n) is 3.39. The molecular weight excluding hydrogens is 316 g/mol. The number of anilines is 1. The zero-order valence-corrected chi connectivity index (χ0v) is 15.0. The SMILES string of the molecule is CCCCCNC(=O)C1(C(=O)N2CCN(c3ccccn3)CC2)CC1. The van der Waals surface area contributed by atoms with Crippen molar-refractivity contribution in [3.63, 3.8) is 0 Å². The molecule has 1 aliphatic heterocycles. The van der Waals surface area contributed by atoms with Gasteiger partial charge >= 0.3 is 0 Å². The van der Waals surface area contributed by atoms with Gasteiger partial charge in [-0.05, 0) is 31.4 Å². The summed E-state index contributed by atoms with van der Waals surface area (Å²) in [6.45, 7) is 5.64. The lowest BCUT2D eigenvalue weighted by molar-refractivity contribution is -0.144. The monoisotopic (exact) mass is 344 g/mol. The Labute approximate surface area is 149 Å². The van der Waals surface area contributed by atoms with E-state index in [1.54, 1.807) is 6.20 Å². The van der Waals surface area contributed by atoms with Gasteiger partial charge in [0, 0.05) is 38.9 Å². The van der Waals surface area contributed by atoms with Gasteiger partial charge in [-0.25, -0.2) is 4.98 Å². The zero-order valence-electron chi connectivity index (χ0n) is 15.0. The summed E-state index contributed by atoms with van der Waals surface area (Å²) >= 11 is 0. The Hall–Kier alpha value is -2.11. The minimum Gasteiger partial charge on any atom is -0.355 e. The summed E-state index contributed by atoms with van der Waals surface area (Å²) < 4.78 is 0. The predicted molar refractivity (Wildman–Crippen MR) is 97.2 cm³/mol. The molecule has 25 heavy (non-hydrogen) atoms. The fourth-order valence-corrected chi connectivity index (χ4v) is 3.39. The summed E-state index contributed by atoms with van der Waals surface area (Å²) in [7, 11) is 0. The summed E-state index contributed by atoms with van der Waals surface area (Å²) in [4.78, 5) is 33.8. The molecule has 1 N–H and O–H groups in total. The first kappa shape index (κ1) is 17.7. The van der Waals surface area contributed by atoms with Gasteiger partial charge in [-0.15, -0.1) is 0 Å². The number of pyridine rings is 1. The number of unbranched alkanes of at least 4 members (excludes halogenated alkanes) is 2. The number of nitrogens with one attached hydrogen (secondary N) is 1. The number of carbonyl (C=O) groups excluding carboxylic acids is 2. The van der Waals surface area contributed by atoms with Crippen LogP contribution in [0.1, 0.15) is 39.0 Å². The van der Waals surface area contributed by atoms with E-state index in [1.807, 2.05) is 23.1 Å². The van der Waals surface area contributed by atoms with Crippen LogP contribution in [0, 0.1) is 5.41 Å². The topological polar surface area (TPSA) is 65.5 Å². The average molecular weight is 344 g/mol. The van der Waals surface area contributed by atoms with Crippen molar-refractivity contribution in [2.75, 3.05) is 37.6 Å². The van der Waals surface area contributed by atoms with E-state index in [4.69, 9.17) is 0 Å². The number of hydrogen-bond donors (Lipinski definition) is 1. The van der Waals surface area contributed by atoms with E-state index in [1.165, 1.54) is 0 Å². The molecule has 0 radical (unpaired) electrons. The third kappa shape index (κ3) is 3.94. The molecule has 0 unspecified atom stereocenters. The summed E-state index contributed by atoms with van der Waals surface area (Å²) in [6.07, 6.45) is 6.37. The molecule has 0 aromatic carbocycles. The Morgan fingerprint density at radius 3 is 2.52 bits per heavy atom. The first-order valence-corrected chi connectivity index (χ1v) is 9.41. The van der Waals surface area contributed by atoms with Gasteiger partial charge in [-0.3, -0.25) is 9.59 Å². The quantitative estimate of drug-likeness (QED) is 0.605. The number of piperazine rings is 1. The molecule has 3 rings (SSSR count). The summed E-state index contributed by atoms with van der Waals surface area (Å²) in [5, 5.41) is 2.97. The molecule has 2 heterocycles. The van der Waals surface area contributed by atoms with Crippen molar-refractivity contribution in [3.8, 4) is 0 Å². The highest BCUT2D eigenvalue weighted by Crippen LogP contribution is 2.47. The maximum absolute atomic E-state index is 12.9. The minimum absolute atomic E-state index is 0.0150. The van der Waals surface area contributed by atoms with Crippen LogP contribution in [-0.2, 0) is 9.59 Å². The molecule has 1 aromatic heterocycles. The molecule has 1 saturated carbocycles. The van der Waals surface area contributed by atoms with Crippen molar-refractivity contribution >= 4 is 17.6 Å². The van der Waals surface area contributed by atoms with Crippen molar-refractivity contribution in [2.45, 2.75) is 39.0 Å². The van der Waals surface area contributed by atoms with Crippen molar-refractivity contribution in [2.24, 2.45) is 5.41 Å². The Morgan fingerprint density at radius 1 is 1.16 bits per heavy atom. The first-order chi connectivity index (χ1) is 12.2. The molecule has 6 nitrogen and oxygen atoms in total. The van der Waals surface area contributed by atoms with E-state index in [-0.39, 0.29) is 11.8 Å². The summed E-state index contributed by atoms with van der Waals surface area (Å²) in [5.74, 6) is 0.895. The molecule has 0 bridgehead atoms. The zero-order chi connectivity index (χ0) is 17.7. The van der Waals surface area contributed by atoms with Gasteiger partial charge in [0.1, 0.15) is 11.2 Å². The molecule has 6 heteroatoms. The lowest BCUT2D eigenvalue weighted by Gasteiger charge is -2.36. The van der Waals surface area contributed by atoms with Gasteiger partial charge in [0.15, 0.2) is 0 Å². The normalized spacial score (nSPS) is 18.8. The highest BCUT2D eigenvalue weighted by Gasteiger charge is 2.58. The lowest BCUT2D eigenvalue weighted by Crippen LogP contribution is -2.53. The molecule has 1 saturated heterocycles. The van der Waals surface area contributed by atoms with E-state index in [2.05, 4.69) is 22.1 Å². The maximum atomic E-state index is 12.9. The molecule has 0 atom stereocenters. The van der Waals surface area contributed by atoms with Crippen LogP contribution in [0.15, 0.2) is 24.4 Å². The summed E-state index contributed by atoms with van der Waals surface area (Å²) in [5.41, 5.74) is -0.778. The van der Waals surface area contributed by atoms with Gasteiger partial charge in [0.2, 0.25) is 11.8 Å². The van der Waals surface area contributed by atoms with Crippen LogP contribution in [0.4, 0.5) is 5.82 Å². The van der Waals surface area contributed by atoms with E-state index in [0.29, 0.717) is 32.5 Å². The van der Waals surface area contributed by atoms with E-state index in [9.17, 15) is 9.59 Å². The Bertz CT molecular complexity index is 593. The fraction of sp³-hybridized carbons (Fsp3) is 0.632. The van der Waals surface area contributed by atoms with Crippen LogP contribution in [0.25, 0.3) is 0 Å². The van der Waals surface area contributed by atoms with Gasteiger partial charge < -0.3 is 15.1 Å². The highest BCUT2D eigenvalue weighted by molar-refractivity contribution is 6.07. The van der Waals surface area contributed by atoms with Crippen LogP contribution in [0.3, 0.4) is 0 Å². The second-order valence-corrected chi connectivity index (χ2v) is 7.01. The van der Waals surface area contributed by atoms with Crippen LogP contribution < -0.4 is 10.2 Å². The third-order valence-corrected chi connectivity index (χ3v) is 5.20. The number of carbonyl (C=O) groups is 2. The Morgan fingerprint density at radius 2 is 1.92 bits per heavy atom. The standard InChI is InChI=1S/C19H28N4O2/c1-2-3-5-11-21-17(24)19(8-9-19)18(25)23-14-12-22(13-15-23)16-7-4-6-10-20-16/h4,6-7,10H,2-3,5,8-9,11-15H2,1H3,(H,21,24). The molecule has 1 aromatic rings. The second-order valence-electron chi connectivity index (χ2n) is 7.01. The number of hydrogen-bond acceptors (Lipinski definition) is 4. The second kappa shape index (κ2) is 7.85. The van der Waals surface area contributed by atoms with E-state index >= 15 is 0 Å². The minimum atomic E-state index is -0.778. The van der Waals surface area contributed by atoms with E-state index < -0.39 is 5.41 Å². The van der Waals surface area contributed by atoms with E-state index in [0.717, 1.165) is 38.2 Å². The smallest absolute Gasteiger partial charge is 0.238 e. The molecule has 2 amide bonds. The van der Waals surface area contributed by atoms with Crippen LogP contribution in [-0.4, -0.2) is 54.4 Å². The Balaban J connectivity index is 1.51. The third-order valence-electron chi connectivity index (χ3n) is 5.20.